The van der Waals surface area contributed by atoms with Gasteiger partial charge in [0.2, 0.25) is 0 Å². The number of nitrogens with one attached hydrogen (secondary N) is 1. The Morgan fingerprint density at radius 2 is 2.56 bits per heavy atom. The second kappa shape index (κ2) is 2.11. The highest BCUT2D eigenvalue weighted by Crippen LogP contribution is 2.09. The molecule has 50 valence electrons. The maximum absolute atomic E-state index is 5.52. The molecule has 0 saturated heterocycles. The van der Waals surface area contributed by atoms with Crippen molar-refractivity contribution < 1.29 is 0 Å². The molecule has 0 unspecified atom stereocenters. The van der Waals surface area contributed by atoms with Gasteiger partial charge in [-0.3, -0.25) is 5.01 Å². The summed E-state index contributed by atoms with van der Waals surface area (Å²) in [5.74, 6) is 5.52. The van der Waals surface area contributed by atoms with Crippen LogP contribution in [0.4, 0.5) is 0 Å². The fourth-order valence-electron chi connectivity index (χ4n) is 0.865. The molecule has 1 aliphatic rings. The molecule has 3 nitrogen and oxygen atoms in total. The SMILES string of the molecule is C=CC1=C(C)NCN1N. The van der Waals surface area contributed by atoms with Crippen molar-refractivity contribution in [2.24, 2.45) is 5.84 Å². The van der Waals surface area contributed by atoms with Crippen molar-refractivity contribution in [1.29, 1.82) is 0 Å². The number of nitrogens with zero attached hydrogens (tertiary/aromatic N) is 1. The zero-order valence-electron chi connectivity index (χ0n) is 5.52. The molecule has 0 atom stereocenters. The number of hydrazine groups is 1. The molecule has 0 spiro atoms. The molecule has 0 radical (unpaired) electrons. The Kier molecular flexibility index (Phi) is 1.44. The Labute approximate surface area is 54.8 Å². The first kappa shape index (κ1) is 6.16. The van der Waals surface area contributed by atoms with Gasteiger partial charge in [0.1, 0.15) is 6.67 Å². The molecule has 0 amide bonds. The van der Waals surface area contributed by atoms with E-state index in [-0.39, 0.29) is 0 Å². The lowest BCUT2D eigenvalue weighted by Gasteiger charge is -2.09. The molecule has 0 aromatic carbocycles. The van der Waals surface area contributed by atoms with Crippen LogP contribution in [-0.2, 0) is 0 Å². The van der Waals surface area contributed by atoms with Crippen molar-refractivity contribution in [2.75, 3.05) is 6.67 Å². The number of rotatable bonds is 1. The van der Waals surface area contributed by atoms with Gasteiger partial charge in [0, 0.05) is 5.70 Å². The van der Waals surface area contributed by atoms with Gasteiger partial charge >= 0.3 is 0 Å². The third-order valence-corrected chi connectivity index (χ3v) is 1.40. The molecule has 0 bridgehead atoms. The molecule has 0 aromatic rings. The van der Waals surface area contributed by atoms with Crippen LogP contribution in [0.2, 0.25) is 0 Å². The number of hydrogen-bond donors (Lipinski definition) is 2. The van der Waals surface area contributed by atoms with E-state index in [0.29, 0.717) is 6.67 Å². The molecule has 0 fully saturated rings. The van der Waals surface area contributed by atoms with Gasteiger partial charge in [-0.05, 0) is 13.0 Å². The van der Waals surface area contributed by atoms with E-state index in [9.17, 15) is 0 Å². The lowest BCUT2D eigenvalue weighted by atomic mass is 10.3. The number of nitrogens with two attached hydrogens (primary N) is 1. The van der Waals surface area contributed by atoms with E-state index < -0.39 is 0 Å². The van der Waals surface area contributed by atoms with Crippen LogP contribution in [0.3, 0.4) is 0 Å². The Morgan fingerprint density at radius 1 is 1.89 bits per heavy atom. The summed E-state index contributed by atoms with van der Waals surface area (Å²) in [6.45, 7) is 6.29. The first-order valence-corrected chi connectivity index (χ1v) is 2.85. The minimum Gasteiger partial charge on any atom is -0.369 e. The summed E-state index contributed by atoms with van der Waals surface area (Å²) in [6.07, 6.45) is 1.75. The molecule has 0 aliphatic carbocycles. The molecule has 1 aliphatic heterocycles. The predicted molar refractivity (Wildman–Crippen MR) is 36.9 cm³/mol. The Hall–Kier alpha value is -0.960. The molecule has 3 N–H and O–H groups in total. The highest BCUT2D eigenvalue weighted by atomic mass is 15.5. The van der Waals surface area contributed by atoms with Crippen molar-refractivity contribution in [3.05, 3.63) is 24.0 Å². The first-order valence-electron chi connectivity index (χ1n) is 2.85. The Morgan fingerprint density at radius 3 is 2.78 bits per heavy atom. The normalized spacial score (nSPS) is 18.2. The third-order valence-electron chi connectivity index (χ3n) is 1.40. The lowest BCUT2D eigenvalue weighted by molar-refractivity contribution is 0.390. The van der Waals surface area contributed by atoms with Crippen LogP contribution >= 0.6 is 0 Å². The van der Waals surface area contributed by atoms with E-state index in [2.05, 4.69) is 11.9 Å². The monoisotopic (exact) mass is 125 g/mol. The Balaban J connectivity index is 2.81. The third kappa shape index (κ3) is 0.907. The van der Waals surface area contributed by atoms with Crippen molar-refractivity contribution in [2.45, 2.75) is 6.92 Å². The molecular weight excluding hydrogens is 114 g/mol. The van der Waals surface area contributed by atoms with Gasteiger partial charge in [0.25, 0.3) is 0 Å². The molecular formula is C6H11N3. The van der Waals surface area contributed by atoms with Gasteiger partial charge < -0.3 is 5.32 Å². The standard InChI is InChI=1S/C6H11N3/c1-3-6-5(2)8-4-9(6)7/h3,8H,1,4,7H2,2H3. The van der Waals surface area contributed by atoms with Gasteiger partial charge in [-0.1, -0.05) is 6.58 Å². The quantitative estimate of drug-likeness (QED) is 0.490. The minimum atomic E-state index is 0.688. The van der Waals surface area contributed by atoms with E-state index in [0.717, 1.165) is 11.4 Å². The lowest BCUT2D eigenvalue weighted by Crippen LogP contribution is -2.29. The molecule has 0 aromatic heterocycles. The summed E-state index contributed by atoms with van der Waals surface area (Å²) in [5.41, 5.74) is 2.07. The second-order valence-electron chi connectivity index (χ2n) is 2.02. The number of hydrogen-bond acceptors (Lipinski definition) is 3. The van der Waals surface area contributed by atoms with E-state index in [1.54, 1.807) is 11.1 Å². The fourth-order valence-corrected chi connectivity index (χ4v) is 0.865. The van der Waals surface area contributed by atoms with Gasteiger partial charge in [-0.15, -0.1) is 0 Å². The van der Waals surface area contributed by atoms with E-state index in [1.807, 2.05) is 6.92 Å². The summed E-state index contributed by atoms with van der Waals surface area (Å²) < 4.78 is 0. The average Bonchev–Trinajstić information content (AvgIpc) is 2.12. The minimum absolute atomic E-state index is 0.688. The van der Waals surface area contributed by atoms with Gasteiger partial charge in [0.15, 0.2) is 0 Å². The van der Waals surface area contributed by atoms with E-state index in [1.165, 1.54) is 0 Å². The topological polar surface area (TPSA) is 41.3 Å². The molecule has 9 heavy (non-hydrogen) atoms. The smallest absolute Gasteiger partial charge is 0.102 e. The maximum Gasteiger partial charge on any atom is 0.102 e. The molecule has 1 heterocycles. The van der Waals surface area contributed by atoms with Crippen molar-refractivity contribution in [3.8, 4) is 0 Å². The summed E-state index contributed by atoms with van der Waals surface area (Å²) in [4.78, 5) is 0. The highest BCUT2D eigenvalue weighted by molar-refractivity contribution is 5.23. The zero-order chi connectivity index (χ0) is 6.85. The summed E-state index contributed by atoms with van der Waals surface area (Å²) in [5, 5.41) is 4.71. The summed E-state index contributed by atoms with van der Waals surface area (Å²) in [6, 6.07) is 0. The van der Waals surface area contributed by atoms with Gasteiger partial charge in [-0.2, -0.15) is 0 Å². The number of allylic oxidation sites excluding steroid dienone is 2. The fraction of sp³-hybridized carbons (Fsp3) is 0.333. The summed E-state index contributed by atoms with van der Waals surface area (Å²) >= 11 is 0. The Bertz CT molecular complexity index is 160. The summed E-state index contributed by atoms with van der Waals surface area (Å²) in [7, 11) is 0. The van der Waals surface area contributed by atoms with Gasteiger partial charge in [0.05, 0.1) is 5.70 Å². The molecule has 3 heteroatoms. The van der Waals surface area contributed by atoms with Crippen LogP contribution in [0, 0.1) is 0 Å². The molecule has 0 saturated carbocycles. The average molecular weight is 125 g/mol. The highest BCUT2D eigenvalue weighted by Gasteiger charge is 2.11. The van der Waals surface area contributed by atoms with Crippen LogP contribution in [0.1, 0.15) is 6.92 Å². The molecule has 1 rings (SSSR count). The zero-order valence-corrected chi connectivity index (χ0v) is 5.52. The van der Waals surface area contributed by atoms with E-state index >= 15 is 0 Å². The first-order chi connectivity index (χ1) is 4.25. The van der Waals surface area contributed by atoms with Crippen molar-refractivity contribution in [3.63, 3.8) is 0 Å². The predicted octanol–water partition coefficient (Wildman–Crippen LogP) is 0.140. The van der Waals surface area contributed by atoms with Gasteiger partial charge in [-0.25, -0.2) is 5.84 Å². The second-order valence-corrected chi connectivity index (χ2v) is 2.02. The van der Waals surface area contributed by atoms with E-state index in [4.69, 9.17) is 5.84 Å². The van der Waals surface area contributed by atoms with Crippen molar-refractivity contribution in [1.82, 2.24) is 10.3 Å². The van der Waals surface area contributed by atoms with Crippen LogP contribution < -0.4 is 11.2 Å². The van der Waals surface area contributed by atoms with Crippen molar-refractivity contribution >= 4 is 0 Å². The van der Waals surface area contributed by atoms with Crippen LogP contribution in [0.5, 0.6) is 0 Å². The maximum atomic E-state index is 5.52. The largest absolute Gasteiger partial charge is 0.369 e. The van der Waals surface area contributed by atoms with Crippen LogP contribution in [0.25, 0.3) is 0 Å². The van der Waals surface area contributed by atoms with Crippen LogP contribution in [0.15, 0.2) is 24.0 Å². The van der Waals surface area contributed by atoms with Crippen LogP contribution in [-0.4, -0.2) is 11.7 Å².